The fraction of sp³-hybridized carbons (Fsp3) is 0. The van der Waals surface area contributed by atoms with Crippen molar-refractivity contribution in [2.24, 2.45) is 5.14 Å². The SMILES string of the molecule is NS(=O)(=O)C1=CC=C(c2ccc(O)cc2)S1=S. The smallest absolute Gasteiger partial charge is 0.244 e. The molecule has 17 heavy (non-hydrogen) atoms. The lowest BCUT2D eigenvalue weighted by Crippen LogP contribution is -2.16. The highest BCUT2D eigenvalue weighted by Crippen LogP contribution is 2.31. The van der Waals surface area contributed by atoms with Gasteiger partial charge in [0.25, 0.3) is 0 Å². The summed E-state index contributed by atoms with van der Waals surface area (Å²) in [4.78, 5) is 0.726. The van der Waals surface area contributed by atoms with Crippen LogP contribution in [0.1, 0.15) is 5.56 Å². The molecule has 1 aromatic rings. The van der Waals surface area contributed by atoms with E-state index in [-0.39, 0.29) is 9.99 Å². The molecule has 1 unspecified atom stereocenters. The Hall–Kier alpha value is -1.02. The van der Waals surface area contributed by atoms with Gasteiger partial charge in [0.1, 0.15) is 9.99 Å². The number of hydrogen-bond acceptors (Lipinski definition) is 4. The zero-order valence-electron chi connectivity index (χ0n) is 8.53. The van der Waals surface area contributed by atoms with Crippen LogP contribution in [0.4, 0.5) is 0 Å². The summed E-state index contributed by atoms with van der Waals surface area (Å²) in [6.07, 6.45) is 3.09. The van der Waals surface area contributed by atoms with E-state index in [1.807, 2.05) is 0 Å². The van der Waals surface area contributed by atoms with Crippen molar-refractivity contribution >= 4 is 35.6 Å². The van der Waals surface area contributed by atoms with Gasteiger partial charge < -0.3 is 5.11 Å². The van der Waals surface area contributed by atoms with E-state index < -0.39 is 19.5 Å². The van der Waals surface area contributed by atoms with Crippen LogP contribution >= 0.6 is 0 Å². The number of benzene rings is 1. The number of aromatic hydroxyl groups is 1. The van der Waals surface area contributed by atoms with Crippen molar-refractivity contribution in [3.63, 3.8) is 0 Å². The lowest BCUT2D eigenvalue weighted by atomic mass is 10.2. The third kappa shape index (κ3) is 2.47. The van der Waals surface area contributed by atoms with E-state index >= 15 is 0 Å². The Kier molecular flexibility index (Phi) is 3.17. The van der Waals surface area contributed by atoms with Crippen molar-refractivity contribution in [3.05, 3.63) is 46.2 Å². The van der Waals surface area contributed by atoms with Gasteiger partial charge in [-0.25, -0.2) is 13.6 Å². The zero-order valence-corrected chi connectivity index (χ0v) is 11.0. The zero-order chi connectivity index (χ0) is 12.6. The monoisotopic (exact) mass is 287 g/mol. The standard InChI is InChI=1S/C10H9NO3S3/c11-17(13,14)10-6-5-9(16(10)15)7-1-3-8(12)4-2-7/h1-6,12H,(H2,11,13,14). The van der Waals surface area contributed by atoms with Crippen molar-refractivity contribution in [1.82, 2.24) is 0 Å². The lowest BCUT2D eigenvalue weighted by Gasteiger charge is -2.07. The molecule has 90 valence electrons. The molecule has 0 saturated carbocycles. The molecule has 0 bridgehead atoms. The number of phenols is 1. The van der Waals surface area contributed by atoms with Crippen LogP contribution in [0.5, 0.6) is 5.75 Å². The van der Waals surface area contributed by atoms with Gasteiger partial charge in [-0.2, -0.15) is 0 Å². The Morgan fingerprint density at radius 3 is 2.24 bits per heavy atom. The van der Waals surface area contributed by atoms with Gasteiger partial charge in [0.15, 0.2) is 0 Å². The van der Waals surface area contributed by atoms with Crippen molar-refractivity contribution < 1.29 is 13.5 Å². The third-order valence-corrected chi connectivity index (χ3v) is 6.75. The van der Waals surface area contributed by atoms with Gasteiger partial charge in [-0.05, 0) is 50.5 Å². The number of hydrogen-bond donors (Lipinski definition) is 2. The molecular weight excluding hydrogens is 278 g/mol. The van der Waals surface area contributed by atoms with E-state index in [9.17, 15) is 13.5 Å². The summed E-state index contributed by atoms with van der Waals surface area (Å²) >= 11 is 5.18. The molecule has 0 radical (unpaired) electrons. The number of sulfonamides is 1. The maximum absolute atomic E-state index is 11.3. The molecule has 0 spiro atoms. The molecule has 0 fully saturated rings. The highest BCUT2D eigenvalue weighted by molar-refractivity contribution is 8.41. The van der Waals surface area contributed by atoms with Crippen molar-refractivity contribution in [1.29, 1.82) is 0 Å². The molecule has 7 heteroatoms. The first-order valence-corrected chi connectivity index (χ1v) is 8.25. The average Bonchev–Trinajstić information content (AvgIpc) is 2.61. The molecule has 1 atom stereocenters. The van der Waals surface area contributed by atoms with Gasteiger partial charge in [0.05, 0.1) is 0 Å². The van der Waals surface area contributed by atoms with Gasteiger partial charge in [-0.15, -0.1) is 0 Å². The van der Waals surface area contributed by atoms with E-state index in [0.29, 0.717) is 0 Å². The lowest BCUT2D eigenvalue weighted by molar-refractivity contribution is 0.475. The maximum atomic E-state index is 11.3. The van der Waals surface area contributed by atoms with E-state index in [1.54, 1.807) is 18.2 Å². The molecule has 0 aromatic heterocycles. The molecule has 1 heterocycles. The average molecular weight is 287 g/mol. The van der Waals surface area contributed by atoms with Crippen LogP contribution in [0.3, 0.4) is 0 Å². The molecular formula is C10H9NO3S3. The van der Waals surface area contributed by atoms with Crippen LogP contribution in [0.25, 0.3) is 4.91 Å². The normalized spacial score (nSPS) is 19.9. The molecule has 1 aliphatic heterocycles. The Morgan fingerprint density at radius 2 is 1.76 bits per heavy atom. The maximum Gasteiger partial charge on any atom is 0.244 e. The molecule has 3 N–H and O–H groups in total. The minimum atomic E-state index is -3.73. The third-order valence-electron chi connectivity index (χ3n) is 2.19. The number of nitrogens with two attached hydrogens (primary N) is 1. The summed E-state index contributed by atoms with van der Waals surface area (Å²) < 4.78 is 22.6. The second kappa shape index (κ2) is 4.34. The first-order chi connectivity index (χ1) is 7.89. The predicted octanol–water partition coefficient (Wildman–Crippen LogP) is 0.957. The Labute approximate surface area is 106 Å². The first kappa shape index (κ1) is 12.4. The molecule has 1 aromatic carbocycles. The van der Waals surface area contributed by atoms with Crippen molar-refractivity contribution in [2.45, 2.75) is 0 Å². The summed E-state index contributed by atoms with van der Waals surface area (Å²) in [5.74, 6) is 0.149. The van der Waals surface area contributed by atoms with Crippen molar-refractivity contribution in [3.8, 4) is 5.75 Å². The number of allylic oxidation sites excluding steroid dienone is 2. The van der Waals surface area contributed by atoms with Gasteiger partial charge in [0, 0.05) is 4.91 Å². The van der Waals surface area contributed by atoms with Gasteiger partial charge in [-0.3, -0.25) is 0 Å². The summed E-state index contributed by atoms with van der Waals surface area (Å²) in [7, 11) is -4.70. The molecule has 1 aliphatic rings. The van der Waals surface area contributed by atoms with E-state index in [2.05, 4.69) is 0 Å². The summed E-state index contributed by atoms with van der Waals surface area (Å²) in [6.45, 7) is 0. The van der Waals surface area contributed by atoms with Gasteiger partial charge in [-0.1, -0.05) is 12.1 Å². The Balaban J connectivity index is 2.36. The first-order valence-electron chi connectivity index (χ1n) is 4.55. The van der Waals surface area contributed by atoms with Crippen molar-refractivity contribution in [2.75, 3.05) is 0 Å². The Morgan fingerprint density at radius 1 is 1.18 bits per heavy atom. The predicted molar refractivity (Wildman–Crippen MR) is 72.0 cm³/mol. The van der Waals surface area contributed by atoms with E-state index in [0.717, 1.165) is 10.5 Å². The van der Waals surface area contributed by atoms with Gasteiger partial charge >= 0.3 is 0 Å². The summed E-state index contributed by atoms with van der Waals surface area (Å²) in [5, 5.41) is 14.2. The number of primary sulfonamides is 1. The summed E-state index contributed by atoms with van der Waals surface area (Å²) in [6, 6.07) is 6.43. The molecule has 4 nitrogen and oxygen atoms in total. The highest BCUT2D eigenvalue weighted by atomic mass is 32.8. The van der Waals surface area contributed by atoms with Crippen LogP contribution in [0.15, 0.2) is 40.7 Å². The molecule has 0 amide bonds. The molecule has 0 saturated heterocycles. The van der Waals surface area contributed by atoms with Crippen LogP contribution in [-0.2, 0) is 30.7 Å². The van der Waals surface area contributed by atoms with Gasteiger partial charge in [0.2, 0.25) is 10.0 Å². The second-order valence-corrected chi connectivity index (χ2v) is 7.58. The van der Waals surface area contributed by atoms with Crippen LogP contribution in [0, 0.1) is 0 Å². The highest BCUT2D eigenvalue weighted by Gasteiger charge is 2.23. The number of rotatable bonds is 2. The fourth-order valence-corrected chi connectivity index (χ4v) is 5.20. The van der Waals surface area contributed by atoms with E-state index in [1.165, 1.54) is 18.2 Å². The van der Waals surface area contributed by atoms with Crippen LogP contribution < -0.4 is 5.14 Å². The molecule has 2 rings (SSSR count). The second-order valence-electron chi connectivity index (χ2n) is 3.38. The fourth-order valence-electron chi connectivity index (χ4n) is 1.40. The summed E-state index contributed by atoms with van der Waals surface area (Å²) in [5.41, 5.74) is 0.788. The number of phenolic OH excluding ortho intramolecular Hbond substituents is 1. The topological polar surface area (TPSA) is 80.4 Å². The minimum Gasteiger partial charge on any atom is -0.508 e. The quantitative estimate of drug-likeness (QED) is 0.849. The minimum absolute atomic E-state index is 0.0653. The largest absolute Gasteiger partial charge is 0.508 e. The van der Waals surface area contributed by atoms with E-state index in [4.69, 9.17) is 16.3 Å². The van der Waals surface area contributed by atoms with Crippen LogP contribution in [0.2, 0.25) is 0 Å². The Bertz CT molecular complexity index is 642. The van der Waals surface area contributed by atoms with Crippen LogP contribution in [-0.4, -0.2) is 13.5 Å². The molecule has 0 aliphatic carbocycles.